The van der Waals surface area contributed by atoms with E-state index in [4.69, 9.17) is 9.47 Å². The summed E-state index contributed by atoms with van der Waals surface area (Å²) in [5, 5.41) is 2.84. The lowest BCUT2D eigenvalue weighted by atomic mass is 10.1. The largest absolute Gasteiger partial charge is 0.496 e. The van der Waals surface area contributed by atoms with Gasteiger partial charge >= 0.3 is 0 Å². The molecule has 5 nitrogen and oxygen atoms in total. The highest BCUT2D eigenvalue weighted by Crippen LogP contribution is 2.21. The second kappa shape index (κ2) is 8.31. The summed E-state index contributed by atoms with van der Waals surface area (Å²) in [5.74, 6) is 0.634. The molecule has 1 aromatic heterocycles. The molecule has 0 spiro atoms. The fourth-order valence-corrected chi connectivity index (χ4v) is 2.50. The summed E-state index contributed by atoms with van der Waals surface area (Å²) in [6.07, 6.45) is 1.60. The van der Waals surface area contributed by atoms with Gasteiger partial charge in [-0.25, -0.2) is 9.37 Å². The van der Waals surface area contributed by atoms with Gasteiger partial charge in [-0.2, -0.15) is 0 Å². The number of hydrogen-bond donors (Lipinski definition) is 1. The van der Waals surface area contributed by atoms with Crippen LogP contribution in [-0.4, -0.2) is 18.0 Å². The minimum Gasteiger partial charge on any atom is -0.496 e. The molecule has 3 aromatic rings. The molecule has 1 heterocycles. The number of pyridine rings is 1. The highest BCUT2D eigenvalue weighted by atomic mass is 19.1. The predicted octanol–water partition coefficient (Wildman–Crippen LogP) is 4.26. The zero-order valence-corrected chi connectivity index (χ0v) is 15.0. The van der Waals surface area contributed by atoms with Gasteiger partial charge in [-0.05, 0) is 36.8 Å². The maximum absolute atomic E-state index is 13.2. The van der Waals surface area contributed by atoms with Crippen molar-refractivity contribution in [3.63, 3.8) is 0 Å². The quantitative estimate of drug-likeness (QED) is 0.708. The lowest BCUT2D eigenvalue weighted by molar-refractivity contribution is 0.0947. The van der Waals surface area contributed by atoms with Gasteiger partial charge in [0, 0.05) is 24.9 Å². The SMILES string of the molecule is COc1ccc(C)cc1C(=O)NCc1ccc(Oc2cccc(F)c2)nc1. The monoisotopic (exact) mass is 366 g/mol. The molecule has 2 aromatic carbocycles. The van der Waals surface area contributed by atoms with Gasteiger partial charge in [0.15, 0.2) is 0 Å². The summed E-state index contributed by atoms with van der Waals surface area (Å²) in [7, 11) is 1.53. The number of carbonyl (C=O) groups excluding carboxylic acids is 1. The van der Waals surface area contributed by atoms with Gasteiger partial charge < -0.3 is 14.8 Å². The Kier molecular flexibility index (Phi) is 5.66. The summed E-state index contributed by atoms with van der Waals surface area (Å²) in [5.41, 5.74) is 2.26. The van der Waals surface area contributed by atoms with Crippen molar-refractivity contribution in [2.75, 3.05) is 7.11 Å². The predicted molar refractivity (Wildman–Crippen MR) is 99.6 cm³/mol. The number of rotatable bonds is 6. The molecule has 0 aliphatic carbocycles. The molecule has 27 heavy (non-hydrogen) atoms. The first-order valence-corrected chi connectivity index (χ1v) is 8.36. The van der Waals surface area contributed by atoms with Gasteiger partial charge in [0.25, 0.3) is 5.91 Å². The van der Waals surface area contributed by atoms with E-state index in [0.717, 1.165) is 11.1 Å². The van der Waals surface area contributed by atoms with Crippen LogP contribution in [0.4, 0.5) is 4.39 Å². The topological polar surface area (TPSA) is 60.5 Å². The van der Waals surface area contributed by atoms with Crippen molar-refractivity contribution in [3.8, 4) is 17.4 Å². The van der Waals surface area contributed by atoms with Crippen LogP contribution >= 0.6 is 0 Å². The maximum atomic E-state index is 13.2. The molecule has 3 rings (SSSR count). The summed E-state index contributed by atoms with van der Waals surface area (Å²) < 4.78 is 23.9. The zero-order chi connectivity index (χ0) is 19.2. The smallest absolute Gasteiger partial charge is 0.255 e. The molecular weight excluding hydrogens is 347 g/mol. The van der Waals surface area contributed by atoms with Crippen LogP contribution in [0.25, 0.3) is 0 Å². The number of aryl methyl sites for hydroxylation is 1. The number of carbonyl (C=O) groups is 1. The Bertz CT molecular complexity index is 942. The Hall–Kier alpha value is -3.41. The highest BCUT2D eigenvalue weighted by molar-refractivity contribution is 5.97. The first kappa shape index (κ1) is 18.4. The van der Waals surface area contributed by atoms with Crippen LogP contribution in [0.15, 0.2) is 60.8 Å². The molecule has 0 atom stereocenters. The van der Waals surface area contributed by atoms with Crippen LogP contribution in [-0.2, 0) is 6.54 Å². The average molecular weight is 366 g/mol. The number of benzene rings is 2. The van der Waals surface area contributed by atoms with Gasteiger partial charge in [0.1, 0.15) is 17.3 Å². The number of methoxy groups -OCH3 is 1. The van der Waals surface area contributed by atoms with Crippen LogP contribution in [0.1, 0.15) is 21.5 Å². The molecule has 0 saturated carbocycles. The Morgan fingerprint density at radius 1 is 1.15 bits per heavy atom. The number of amides is 1. The van der Waals surface area contributed by atoms with Gasteiger partial charge in [-0.15, -0.1) is 0 Å². The fourth-order valence-electron chi connectivity index (χ4n) is 2.50. The summed E-state index contributed by atoms with van der Waals surface area (Å²) in [6, 6.07) is 14.7. The molecule has 0 unspecified atom stereocenters. The van der Waals surface area contributed by atoms with E-state index in [2.05, 4.69) is 10.3 Å². The molecule has 0 fully saturated rings. The van der Waals surface area contributed by atoms with Crippen molar-refractivity contribution in [1.82, 2.24) is 10.3 Å². The van der Waals surface area contributed by atoms with Crippen molar-refractivity contribution in [3.05, 3.63) is 83.3 Å². The normalized spacial score (nSPS) is 10.3. The van der Waals surface area contributed by atoms with E-state index in [1.165, 1.54) is 19.2 Å². The van der Waals surface area contributed by atoms with Crippen LogP contribution < -0.4 is 14.8 Å². The average Bonchev–Trinajstić information content (AvgIpc) is 2.67. The van der Waals surface area contributed by atoms with Gasteiger partial charge in [0.2, 0.25) is 5.88 Å². The molecule has 1 N–H and O–H groups in total. The third-order valence-electron chi connectivity index (χ3n) is 3.87. The molecule has 0 saturated heterocycles. The van der Waals surface area contributed by atoms with E-state index in [-0.39, 0.29) is 11.7 Å². The number of nitrogens with one attached hydrogen (secondary N) is 1. The van der Waals surface area contributed by atoms with Gasteiger partial charge in [-0.1, -0.05) is 23.8 Å². The van der Waals surface area contributed by atoms with Crippen molar-refractivity contribution in [2.24, 2.45) is 0 Å². The second-order valence-corrected chi connectivity index (χ2v) is 5.95. The Labute approximate surface area is 156 Å². The zero-order valence-electron chi connectivity index (χ0n) is 15.0. The van der Waals surface area contributed by atoms with Crippen molar-refractivity contribution in [1.29, 1.82) is 0 Å². The number of nitrogens with zero attached hydrogens (tertiary/aromatic N) is 1. The standard InChI is InChI=1S/C21H19FN2O3/c1-14-6-8-19(26-2)18(10-14)21(25)24-13-15-7-9-20(23-12-15)27-17-5-3-4-16(22)11-17/h3-12H,13H2,1-2H3,(H,24,25). The summed E-state index contributed by atoms with van der Waals surface area (Å²) in [4.78, 5) is 16.6. The van der Waals surface area contributed by atoms with E-state index in [1.807, 2.05) is 13.0 Å². The van der Waals surface area contributed by atoms with Gasteiger partial charge in [-0.3, -0.25) is 4.79 Å². The Morgan fingerprint density at radius 3 is 2.70 bits per heavy atom. The number of hydrogen-bond acceptors (Lipinski definition) is 4. The maximum Gasteiger partial charge on any atom is 0.255 e. The fraction of sp³-hybridized carbons (Fsp3) is 0.143. The number of ether oxygens (including phenoxy) is 2. The van der Waals surface area contributed by atoms with Crippen molar-refractivity contribution in [2.45, 2.75) is 13.5 Å². The van der Waals surface area contributed by atoms with Gasteiger partial charge in [0.05, 0.1) is 12.7 Å². The molecule has 0 aliphatic heterocycles. The first-order chi connectivity index (χ1) is 13.0. The Morgan fingerprint density at radius 2 is 2.00 bits per heavy atom. The Balaban J connectivity index is 1.62. The van der Waals surface area contributed by atoms with Crippen LogP contribution in [0, 0.1) is 12.7 Å². The molecule has 0 radical (unpaired) electrons. The molecule has 0 bridgehead atoms. The lowest BCUT2D eigenvalue weighted by Gasteiger charge is -2.10. The molecule has 1 amide bonds. The first-order valence-electron chi connectivity index (χ1n) is 8.36. The highest BCUT2D eigenvalue weighted by Gasteiger charge is 2.12. The van der Waals surface area contributed by atoms with Crippen LogP contribution in [0.2, 0.25) is 0 Å². The number of aromatic nitrogens is 1. The van der Waals surface area contributed by atoms with Crippen LogP contribution in [0.5, 0.6) is 17.4 Å². The minimum absolute atomic E-state index is 0.226. The van der Waals surface area contributed by atoms with Crippen molar-refractivity contribution < 1.29 is 18.7 Å². The number of halogens is 1. The van der Waals surface area contributed by atoms with E-state index < -0.39 is 0 Å². The second-order valence-electron chi connectivity index (χ2n) is 5.95. The van der Waals surface area contributed by atoms with Crippen LogP contribution in [0.3, 0.4) is 0 Å². The van der Waals surface area contributed by atoms with Crippen molar-refractivity contribution >= 4 is 5.91 Å². The van der Waals surface area contributed by atoms with E-state index in [1.54, 1.807) is 42.6 Å². The molecular formula is C21H19FN2O3. The van der Waals surface area contributed by atoms with E-state index in [9.17, 15) is 9.18 Å². The third-order valence-corrected chi connectivity index (χ3v) is 3.87. The lowest BCUT2D eigenvalue weighted by Crippen LogP contribution is -2.23. The summed E-state index contributed by atoms with van der Waals surface area (Å²) in [6.45, 7) is 2.22. The summed E-state index contributed by atoms with van der Waals surface area (Å²) >= 11 is 0. The molecule has 0 aliphatic rings. The molecule has 138 valence electrons. The third kappa shape index (κ3) is 4.82. The molecule has 6 heteroatoms. The van der Waals surface area contributed by atoms with E-state index in [0.29, 0.717) is 29.5 Å². The van der Waals surface area contributed by atoms with E-state index >= 15 is 0 Å². The minimum atomic E-state index is -0.376.